The third-order valence-electron chi connectivity index (χ3n) is 4.94. The van der Waals surface area contributed by atoms with Crippen LogP contribution >= 0.6 is 0 Å². The lowest BCUT2D eigenvalue weighted by molar-refractivity contribution is 0.726. The Hall–Kier alpha value is -3.06. The summed E-state index contributed by atoms with van der Waals surface area (Å²) >= 11 is 0. The van der Waals surface area contributed by atoms with E-state index in [1.807, 2.05) is 30.3 Å². The molecule has 0 radical (unpaired) electrons. The molecule has 0 aliphatic carbocycles. The zero-order valence-electron chi connectivity index (χ0n) is 14.8. The first kappa shape index (κ1) is 16.4. The average molecular weight is 342 g/mol. The smallest absolute Gasteiger partial charge is 0.149 e. The molecule has 1 aromatic heterocycles. The number of anilines is 1. The lowest BCUT2D eigenvalue weighted by Crippen LogP contribution is -2.23. The molecule has 130 valence electrons. The van der Waals surface area contributed by atoms with Crippen molar-refractivity contribution >= 4 is 28.4 Å². The predicted octanol–water partition coefficient (Wildman–Crippen LogP) is 5.01. The Bertz CT molecular complexity index is 919. The molecule has 0 bridgehead atoms. The van der Waals surface area contributed by atoms with Crippen molar-refractivity contribution in [2.75, 3.05) is 18.0 Å². The van der Waals surface area contributed by atoms with Gasteiger partial charge in [0.05, 0.1) is 16.6 Å². The Morgan fingerprint density at radius 2 is 1.73 bits per heavy atom. The van der Waals surface area contributed by atoms with Gasteiger partial charge in [0.2, 0.25) is 0 Å². The molecular weight excluding hydrogens is 320 g/mol. The number of H-pyrrole nitrogens is 1. The predicted molar refractivity (Wildman–Crippen MR) is 107 cm³/mol. The van der Waals surface area contributed by atoms with Gasteiger partial charge < -0.3 is 9.88 Å². The second-order valence-electron chi connectivity index (χ2n) is 6.77. The summed E-state index contributed by atoms with van der Waals surface area (Å²) in [5.41, 5.74) is 4.65. The quantitative estimate of drug-likeness (QED) is 0.681. The van der Waals surface area contributed by atoms with Crippen molar-refractivity contribution in [3.05, 3.63) is 59.9 Å². The van der Waals surface area contributed by atoms with Gasteiger partial charge in [-0.25, -0.2) is 4.98 Å². The number of para-hydroxylation sites is 2. The topological polar surface area (TPSA) is 55.7 Å². The van der Waals surface area contributed by atoms with Gasteiger partial charge in [-0.2, -0.15) is 5.26 Å². The summed E-state index contributed by atoms with van der Waals surface area (Å²) in [6.45, 7) is 2.27. The standard InChI is InChI=1S/C22H22N4/c23-16-18(22-24-20-7-3-4-8-21(20)25-22)15-17-9-11-19(12-10-17)26-13-5-1-2-6-14-26/h3-4,7-12,15H,1-2,5-6,13-14H2,(H,24,25)/b18-15+. The number of benzene rings is 2. The van der Waals surface area contributed by atoms with Gasteiger partial charge in [0, 0.05) is 18.8 Å². The van der Waals surface area contributed by atoms with Crippen LogP contribution in [0.2, 0.25) is 0 Å². The second kappa shape index (κ2) is 7.45. The number of nitriles is 1. The number of rotatable bonds is 3. The van der Waals surface area contributed by atoms with Crippen LogP contribution in [0.4, 0.5) is 5.69 Å². The van der Waals surface area contributed by atoms with Gasteiger partial charge in [-0.15, -0.1) is 0 Å². The average Bonchev–Trinajstić information content (AvgIpc) is 2.92. The number of imidazole rings is 1. The van der Waals surface area contributed by atoms with Gasteiger partial charge in [0.15, 0.2) is 0 Å². The summed E-state index contributed by atoms with van der Waals surface area (Å²) in [7, 11) is 0. The van der Waals surface area contributed by atoms with Crippen LogP contribution < -0.4 is 4.90 Å². The van der Waals surface area contributed by atoms with Gasteiger partial charge in [0.1, 0.15) is 11.9 Å². The molecule has 0 atom stereocenters. The van der Waals surface area contributed by atoms with Crippen molar-refractivity contribution in [3.63, 3.8) is 0 Å². The highest BCUT2D eigenvalue weighted by molar-refractivity contribution is 5.90. The summed E-state index contributed by atoms with van der Waals surface area (Å²) in [6.07, 6.45) is 7.10. The maximum atomic E-state index is 9.57. The monoisotopic (exact) mass is 342 g/mol. The van der Waals surface area contributed by atoms with E-state index in [1.165, 1.54) is 31.4 Å². The molecule has 2 aromatic carbocycles. The Kier molecular flexibility index (Phi) is 4.70. The molecule has 1 aliphatic rings. The van der Waals surface area contributed by atoms with Gasteiger partial charge in [-0.3, -0.25) is 0 Å². The van der Waals surface area contributed by atoms with E-state index < -0.39 is 0 Å². The van der Waals surface area contributed by atoms with E-state index in [9.17, 15) is 5.26 Å². The number of nitrogens with zero attached hydrogens (tertiary/aromatic N) is 3. The van der Waals surface area contributed by atoms with Crippen LogP contribution in [0.3, 0.4) is 0 Å². The van der Waals surface area contributed by atoms with Gasteiger partial charge in [-0.05, 0) is 48.7 Å². The first-order chi connectivity index (χ1) is 12.8. The van der Waals surface area contributed by atoms with Crippen LogP contribution in [0.1, 0.15) is 37.1 Å². The molecule has 2 heterocycles. The van der Waals surface area contributed by atoms with Crippen molar-refractivity contribution in [1.29, 1.82) is 5.26 Å². The van der Waals surface area contributed by atoms with E-state index in [4.69, 9.17) is 0 Å². The highest BCUT2D eigenvalue weighted by atomic mass is 15.1. The van der Waals surface area contributed by atoms with E-state index in [1.54, 1.807) is 0 Å². The molecule has 1 saturated heterocycles. The second-order valence-corrected chi connectivity index (χ2v) is 6.77. The Morgan fingerprint density at radius 1 is 1.00 bits per heavy atom. The highest BCUT2D eigenvalue weighted by Gasteiger charge is 2.10. The van der Waals surface area contributed by atoms with Gasteiger partial charge in [-0.1, -0.05) is 37.1 Å². The summed E-state index contributed by atoms with van der Waals surface area (Å²) in [4.78, 5) is 10.2. The number of hydrogen-bond donors (Lipinski definition) is 1. The minimum atomic E-state index is 0.545. The Balaban J connectivity index is 1.58. The number of allylic oxidation sites excluding steroid dienone is 1. The van der Waals surface area contributed by atoms with Crippen LogP contribution in [0.25, 0.3) is 22.7 Å². The van der Waals surface area contributed by atoms with E-state index >= 15 is 0 Å². The molecule has 4 rings (SSSR count). The summed E-state index contributed by atoms with van der Waals surface area (Å²) < 4.78 is 0. The zero-order valence-corrected chi connectivity index (χ0v) is 14.8. The lowest BCUT2D eigenvalue weighted by atomic mass is 10.1. The number of fused-ring (bicyclic) bond motifs is 1. The van der Waals surface area contributed by atoms with Gasteiger partial charge >= 0.3 is 0 Å². The molecule has 0 amide bonds. The number of nitrogens with one attached hydrogen (secondary N) is 1. The summed E-state index contributed by atoms with van der Waals surface area (Å²) in [5.74, 6) is 0.616. The molecule has 4 nitrogen and oxygen atoms in total. The fraction of sp³-hybridized carbons (Fsp3) is 0.273. The fourth-order valence-corrected chi connectivity index (χ4v) is 3.51. The van der Waals surface area contributed by atoms with E-state index in [-0.39, 0.29) is 0 Å². The van der Waals surface area contributed by atoms with E-state index in [0.29, 0.717) is 11.4 Å². The van der Waals surface area contributed by atoms with Crippen molar-refractivity contribution in [2.24, 2.45) is 0 Å². The van der Waals surface area contributed by atoms with Gasteiger partial charge in [0.25, 0.3) is 0 Å². The zero-order chi connectivity index (χ0) is 17.8. The molecule has 0 spiro atoms. The molecule has 4 heteroatoms. The fourth-order valence-electron chi connectivity index (χ4n) is 3.51. The molecule has 1 fully saturated rings. The summed E-state index contributed by atoms with van der Waals surface area (Å²) in [5, 5.41) is 9.57. The van der Waals surface area contributed by atoms with Crippen LogP contribution in [-0.2, 0) is 0 Å². The maximum Gasteiger partial charge on any atom is 0.149 e. The minimum absolute atomic E-state index is 0.545. The molecule has 1 N–H and O–H groups in total. The largest absolute Gasteiger partial charge is 0.372 e. The molecule has 3 aromatic rings. The normalized spacial score (nSPS) is 15.7. The van der Waals surface area contributed by atoms with Crippen LogP contribution in [0, 0.1) is 11.3 Å². The van der Waals surface area contributed by atoms with Crippen molar-refractivity contribution in [3.8, 4) is 6.07 Å². The summed E-state index contributed by atoms with van der Waals surface area (Å²) in [6, 6.07) is 18.6. The Morgan fingerprint density at radius 3 is 2.42 bits per heavy atom. The van der Waals surface area contributed by atoms with Crippen molar-refractivity contribution in [1.82, 2.24) is 9.97 Å². The first-order valence-corrected chi connectivity index (χ1v) is 9.25. The van der Waals surface area contributed by atoms with Crippen molar-refractivity contribution in [2.45, 2.75) is 25.7 Å². The molecular formula is C22H22N4. The maximum absolute atomic E-state index is 9.57. The van der Waals surface area contributed by atoms with E-state index in [0.717, 1.165) is 29.7 Å². The number of hydrogen-bond acceptors (Lipinski definition) is 3. The highest BCUT2D eigenvalue weighted by Crippen LogP contribution is 2.23. The SMILES string of the molecule is N#C/C(=C\c1ccc(N2CCCCCC2)cc1)c1nc2ccccc2[nH]1. The molecule has 0 unspecified atom stereocenters. The van der Waals surface area contributed by atoms with Crippen LogP contribution in [0.15, 0.2) is 48.5 Å². The van der Waals surface area contributed by atoms with Crippen LogP contribution in [-0.4, -0.2) is 23.1 Å². The van der Waals surface area contributed by atoms with Crippen LogP contribution in [0.5, 0.6) is 0 Å². The molecule has 26 heavy (non-hydrogen) atoms. The number of aromatic nitrogens is 2. The lowest BCUT2D eigenvalue weighted by Gasteiger charge is -2.22. The van der Waals surface area contributed by atoms with Crippen molar-refractivity contribution < 1.29 is 0 Å². The molecule has 0 saturated carbocycles. The molecule has 1 aliphatic heterocycles. The Labute approximate surface area is 153 Å². The minimum Gasteiger partial charge on any atom is -0.372 e. The third kappa shape index (κ3) is 3.48. The first-order valence-electron chi connectivity index (χ1n) is 9.25. The number of aromatic amines is 1. The third-order valence-corrected chi connectivity index (χ3v) is 4.94. The van der Waals surface area contributed by atoms with E-state index in [2.05, 4.69) is 45.2 Å².